The second kappa shape index (κ2) is 5.57. The Morgan fingerprint density at radius 3 is 2.65 bits per heavy atom. The van der Waals surface area contributed by atoms with Gasteiger partial charge in [-0.15, -0.1) is 11.3 Å². The summed E-state index contributed by atoms with van der Waals surface area (Å²) in [5.74, 6) is -1.00. The van der Waals surface area contributed by atoms with Crippen molar-refractivity contribution in [3.8, 4) is 0 Å². The van der Waals surface area contributed by atoms with Gasteiger partial charge in [-0.3, -0.25) is 9.36 Å². The molecule has 5 nitrogen and oxygen atoms in total. The molecule has 2 aromatic heterocycles. The van der Waals surface area contributed by atoms with Gasteiger partial charge in [0.25, 0.3) is 5.56 Å². The van der Waals surface area contributed by atoms with Crippen molar-refractivity contribution in [3.63, 3.8) is 0 Å². The first-order valence-electron chi connectivity index (χ1n) is 6.21. The summed E-state index contributed by atoms with van der Waals surface area (Å²) in [5.41, 5.74) is 0.639. The number of fused-ring (bicyclic) bond motifs is 1. The van der Waals surface area contributed by atoms with E-state index in [1.54, 1.807) is 13.2 Å². The smallest absolute Gasteiger partial charge is 0.326 e. The molecule has 2 heterocycles. The zero-order valence-corrected chi connectivity index (χ0v) is 13.4. The van der Waals surface area contributed by atoms with Crippen molar-refractivity contribution in [2.45, 2.75) is 38.4 Å². The van der Waals surface area contributed by atoms with Gasteiger partial charge in [-0.25, -0.2) is 9.78 Å². The first-order chi connectivity index (χ1) is 9.42. The van der Waals surface area contributed by atoms with Crippen LogP contribution in [-0.2, 0) is 4.79 Å². The number of aromatic nitrogens is 2. The fourth-order valence-electron chi connectivity index (χ4n) is 2.17. The van der Waals surface area contributed by atoms with Crippen LogP contribution >= 0.6 is 23.1 Å². The highest BCUT2D eigenvalue weighted by Gasteiger charge is 2.25. The van der Waals surface area contributed by atoms with Gasteiger partial charge < -0.3 is 5.11 Å². The molecule has 7 heteroatoms. The number of thioether (sulfide) groups is 1. The van der Waals surface area contributed by atoms with Crippen LogP contribution in [-0.4, -0.2) is 26.9 Å². The first kappa shape index (κ1) is 15.1. The van der Waals surface area contributed by atoms with Crippen LogP contribution in [0.2, 0.25) is 0 Å². The van der Waals surface area contributed by atoms with E-state index in [1.165, 1.54) is 27.7 Å². The Balaban J connectivity index is 2.88. The second-order valence-electron chi connectivity index (χ2n) is 4.50. The third-order valence-corrected chi connectivity index (χ3v) is 5.12. The minimum absolute atomic E-state index is 0.254. The molecule has 0 radical (unpaired) electrons. The van der Waals surface area contributed by atoms with Gasteiger partial charge >= 0.3 is 5.97 Å². The van der Waals surface area contributed by atoms with Gasteiger partial charge in [-0.2, -0.15) is 0 Å². The van der Waals surface area contributed by atoms with Crippen LogP contribution in [0.4, 0.5) is 0 Å². The Hall–Kier alpha value is -1.34. The maximum Gasteiger partial charge on any atom is 0.326 e. The van der Waals surface area contributed by atoms with E-state index < -0.39 is 12.0 Å². The van der Waals surface area contributed by atoms with E-state index in [9.17, 15) is 14.7 Å². The molecule has 2 rings (SSSR count). The standard InChI is InChI=1S/C13H16N2O3S2/c1-5-8(12(17)18)15-11(16)9-6(2)7(3)20-10(9)14-13(15)19-4/h8H,5H2,1-4H3,(H,17,18). The van der Waals surface area contributed by atoms with Crippen LogP contribution in [0.1, 0.15) is 29.8 Å². The molecule has 1 unspecified atom stereocenters. The van der Waals surface area contributed by atoms with E-state index in [0.717, 1.165) is 10.4 Å². The SMILES string of the molecule is CCC(C(=O)O)n1c(SC)nc2sc(C)c(C)c2c1=O. The predicted molar refractivity (Wildman–Crippen MR) is 82.1 cm³/mol. The monoisotopic (exact) mass is 312 g/mol. The molecule has 0 aliphatic rings. The van der Waals surface area contributed by atoms with Crippen molar-refractivity contribution in [2.75, 3.05) is 6.26 Å². The molecule has 0 amide bonds. The van der Waals surface area contributed by atoms with Gasteiger partial charge in [0.1, 0.15) is 10.9 Å². The number of carboxylic acids is 1. The molecule has 0 spiro atoms. The maximum absolute atomic E-state index is 12.7. The van der Waals surface area contributed by atoms with Gasteiger partial charge in [-0.1, -0.05) is 18.7 Å². The van der Waals surface area contributed by atoms with Crippen molar-refractivity contribution >= 4 is 39.3 Å². The molecule has 1 N–H and O–H groups in total. The molecule has 0 saturated heterocycles. The van der Waals surface area contributed by atoms with Crippen LogP contribution in [0.25, 0.3) is 10.2 Å². The summed E-state index contributed by atoms with van der Waals surface area (Å²) < 4.78 is 1.31. The first-order valence-corrected chi connectivity index (χ1v) is 8.25. The van der Waals surface area contributed by atoms with Gasteiger partial charge in [0, 0.05) is 4.88 Å². The number of rotatable bonds is 4. The van der Waals surface area contributed by atoms with Gasteiger partial charge in [-0.05, 0) is 32.1 Å². The van der Waals surface area contributed by atoms with Crippen LogP contribution in [0.15, 0.2) is 9.95 Å². The third-order valence-electron chi connectivity index (χ3n) is 3.37. The van der Waals surface area contributed by atoms with E-state index >= 15 is 0 Å². The van der Waals surface area contributed by atoms with Crippen LogP contribution < -0.4 is 5.56 Å². The van der Waals surface area contributed by atoms with Crippen LogP contribution in [0, 0.1) is 13.8 Å². The highest BCUT2D eigenvalue weighted by Crippen LogP contribution is 2.29. The largest absolute Gasteiger partial charge is 0.480 e. The molecule has 108 valence electrons. The summed E-state index contributed by atoms with van der Waals surface area (Å²) in [7, 11) is 0. The Morgan fingerprint density at radius 2 is 2.15 bits per heavy atom. The molecular weight excluding hydrogens is 296 g/mol. The van der Waals surface area contributed by atoms with Crippen LogP contribution in [0.5, 0.6) is 0 Å². The summed E-state index contributed by atoms with van der Waals surface area (Å²) in [6.07, 6.45) is 2.14. The molecule has 0 aromatic carbocycles. The Labute approximate surface area is 124 Å². The summed E-state index contributed by atoms with van der Waals surface area (Å²) in [6.45, 7) is 5.58. The summed E-state index contributed by atoms with van der Waals surface area (Å²) >= 11 is 2.77. The van der Waals surface area contributed by atoms with Crippen molar-refractivity contribution in [1.29, 1.82) is 0 Å². The molecule has 0 fully saturated rings. The highest BCUT2D eigenvalue weighted by atomic mass is 32.2. The van der Waals surface area contributed by atoms with Gasteiger partial charge in [0.05, 0.1) is 5.39 Å². The molecule has 0 aliphatic carbocycles. The average Bonchev–Trinajstić information content (AvgIpc) is 2.68. The number of nitrogens with zero attached hydrogens (tertiary/aromatic N) is 2. The quantitative estimate of drug-likeness (QED) is 0.694. The number of carboxylic acid groups (broad SMARTS) is 1. The van der Waals surface area contributed by atoms with E-state index in [1.807, 2.05) is 13.8 Å². The molecule has 20 heavy (non-hydrogen) atoms. The van der Waals surface area contributed by atoms with Crippen molar-refractivity contribution in [2.24, 2.45) is 0 Å². The van der Waals surface area contributed by atoms with E-state index in [2.05, 4.69) is 4.98 Å². The number of aliphatic carboxylic acids is 1. The normalized spacial score (nSPS) is 12.8. The summed E-state index contributed by atoms with van der Waals surface area (Å²) in [6, 6.07) is -0.874. The summed E-state index contributed by atoms with van der Waals surface area (Å²) in [5, 5.41) is 10.3. The minimum Gasteiger partial charge on any atom is -0.480 e. The number of hydrogen-bond donors (Lipinski definition) is 1. The Kier molecular flexibility index (Phi) is 4.19. The molecule has 2 aromatic rings. The predicted octanol–water partition coefficient (Wildman–Crippen LogP) is 2.83. The van der Waals surface area contributed by atoms with Gasteiger partial charge in [0.2, 0.25) is 0 Å². The molecular formula is C13H16N2O3S2. The number of hydrogen-bond acceptors (Lipinski definition) is 5. The fraction of sp³-hybridized carbons (Fsp3) is 0.462. The Morgan fingerprint density at radius 1 is 1.50 bits per heavy atom. The number of thiophene rings is 1. The second-order valence-corrected chi connectivity index (χ2v) is 6.48. The number of carbonyl (C=O) groups is 1. The van der Waals surface area contributed by atoms with Crippen LogP contribution in [0.3, 0.4) is 0 Å². The lowest BCUT2D eigenvalue weighted by molar-refractivity contribution is -0.141. The zero-order valence-electron chi connectivity index (χ0n) is 11.8. The molecule has 1 atom stereocenters. The lowest BCUT2D eigenvalue weighted by Gasteiger charge is -2.16. The third kappa shape index (κ3) is 2.25. The number of aryl methyl sites for hydroxylation is 2. The van der Waals surface area contributed by atoms with E-state index in [0.29, 0.717) is 21.8 Å². The average molecular weight is 312 g/mol. The van der Waals surface area contributed by atoms with Crippen molar-refractivity contribution < 1.29 is 9.90 Å². The topological polar surface area (TPSA) is 72.2 Å². The molecule has 0 saturated carbocycles. The maximum atomic E-state index is 12.7. The van der Waals surface area contributed by atoms with Crippen molar-refractivity contribution in [3.05, 3.63) is 20.8 Å². The summed E-state index contributed by atoms with van der Waals surface area (Å²) in [4.78, 5) is 30.3. The minimum atomic E-state index is -1.00. The Bertz CT molecular complexity index is 733. The zero-order chi connectivity index (χ0) is 15.0. The van der Waals surface area contributed by atoms with Crippen molar-refractivity contribution in [1.82, 2.24) is 9.55 Å². The van der Waals surface area contributed by atoms with E-state index in [-0.39, 0.29) is 5.56 Å². The fourth-order valence-corrected chi connectivity index (χ4v) is 3.84. The van der Waals surface area contributed by atoms with Gasteiger partial charge in [0.15, 0.2) is 5.16 Å². The van der Waals surface area contributed by atoms with E-state index in [4.69, 9.17) is 0 Å². The highest BCUT2D eigenvalue weighted by molar-refractivity contribution is 7.98. The lowest BCUT2D eigenvalue weighted by atomic mass is 10.2. The lowest BCUT2D eigenvalue weighted by Crippen LogP contribution is -2.31. The molecule has 0 aliphatic heterocycles. The molecule has 0 bridgehead atoms.